The van der Waals surface area contributed by atoms with Gasteiger partial charge in [0, 0.05) is 11.6 Å². The average molecular weight is 214 g/mol. The van der Waals surface area contributed by atoms with E-state index in [9.17, 15) is 9.59 Å². The van der Waals surface area contributed by atoms with Gasteiger partial charge < -0.3 is 16.2 Å². The van der Waals surface area contributed by atoms with Gasteiger partial charge in [0.2, 0.25) is 11.8 Å². The molecule has 0 aliphatic heterocycles. The van der Waals surface area contributed by atoms with Crippen LogP contribution in [0.25, 0.3) is 0 Å². The summed E-state index contributed by atoms with van der Waals surface area (Å²) in [6.07, 6.45) is 1.26. The van der Waals surface area contributed by atoms with E-state index in [1.807, 2.05) is 13.8 Å². The Labute approximate surface area is 89.7 Å². The molecule has 0 saturated carbocycles. The van der Waals surface area contributed by atoms with Gasteiger partial charge in [0.1, 0.15) is 0 Å². The van der Waals surface area contributed by atoms with Gasteiger partial charge in [-0.3, -0.25) is 9.59 Å². The lowest BCUT2D eigenvalue weighted by Gasteiger charge is -2.02. The Balaban J connectivity index is 0. The van der Waals surface area contributed by atoms with Crippen molar-refractivity contribution in [3.05, 3.63) is 24.8 Å². The Morgan fingerprint density at radius 3 is 2.07 bits per heavy atom. The van der Waals surface area contributed by atoms with Crippen LogP contribution in [0.4, 0.5) is 0 Å². The second kappa shape index (κ2) is 8.96. The summed E-state index contributed by atoms with van der Waals surface area (Å²) in [6, 6.07) is 0.209. The third kappa shape index (κ3) is 12.4. The lowest BCUT2D eigenvalue weighted by Crippen LogP contribution is -2.27. The fourth-order valence-corrected chi connectivity index (χ4v) is 0.421. The molecule has 0 atom stereocenters. The Hall–Kier alpha value is -1.62. The summed E-state index contributed by atoms with van der Waals surface area (Å²) >= 11 is 0. The summed E-state index contributed by atoms with van der Waals surface area (Å²) < 4.78 is 0. The van der Waals surface area contributed by atoms with Gasteiger partial charge >= 0.3 is 0 Å². The number of hydrogen-bond acceptors (Lipinski definition) is 3. The molecular weight excluding hydrogens is 196 g/mol. The quantitative estimate of drug-likeness (QED) is 0.562. The van der Waals surface area contributed by atoms with Crippen LogP contribution in [0.3, 0.4) is 0 Å². The van der Waals surface area contributed by atoms with Crippen LogP contribution in [-0.2, 0) is 9.59 Å². The summed E-state index contributed by atoms with van der Waals surface area (Å²) in [5.74, 6) is -0.762. The van der Waals surface area contributed by atoms with Crippen LogP contribution in [0, 0.1) is 0 Å². The molecule has 0 rings (SSSR count). The zero-order chi connectivity index (χ0) is 12.4. The second-order valence-electron chi connectivity index (χ2n) is 2.99. The molecule has 0 aromatic rings. The number of rotatable bonds is 4. The van der Waals surface area contributed by atoms with E-state index in [0.29, 0.717) is 0 Å². The predicted octanol–water partition coefficient (Wildman–Crippen LogP) is -0.283. The van der Waals surface area contributed by atoms with E-state index in [-0.39, 0.29) is 24.1 Å². The van der Waals surface area contributed by atoms with Crippen LogP contribution in [0.15, 0.2) is 24.8 Å². The van der Waals surface area contributed by atoms with Crippen LogP contribution in [-0.4, -0.2) is 29.6 Å². The van der Waals surface area contributed by atoms with Gasteiger partial charge in [-0.2, -0.15) is 0 Å². The van der Waals surface area contributed by atoms with Gasteiger partial charge in [-0.25, -0.2) is 0 Å². The van der Waals surface area contributed by atoms with Crippen LogP contribution >= 0.6 is 0 Å². The second-order valence-corrected chi connectivity index (χ2v) is 2.99. The number of amides is 2. The summed E-state index contributed by atoms with van der Waals surface area (Å²) in [5.41, 5.74) is 4.69. The predicted molar refractivity (Wildman–Crippen MR) is 58.9 cm³/mol. The van der Waals surface area contributed by atoms with Crippen molar-refractivity contribution in [2.45, 2.75) is 19.9 Å². The molecule has 86 valence electrons. The van der Waals surface area contributed by atoms with E-state index >= 15 is 0 Å². The number of aliphatic hydroxyl groups is 1. The SMILES string of the molecule is C=C(CO)C(N)=O.C=CC(=O)NC(C)C. The third-order valence-electron chi connectivity index (χ3n) is 1.16. The van der Waals surface area contributed by atoms with Crippen molar-refractivity contribution in [3.8, 4) is 0 Å². The van der Waals surface area contributed by atoms with Gasteiger partial charge in [-0.1, -0.05) is 13.2 Å². The van der Waals surface area contributed by atoms with E-state index in [1.165, 1.54) is 6.08 Å². The van der Waals surface area contributed by atoms with Crippen molar-refractivity contribution >= 4 is 11.8 Å². The van der Waals surface area contributed by atoms with E-state index in [4.69, 9.17) is 5.11 Å². The molecular formula is C10H18N2O3. The van der Waals surface area contributed by atoms with E-state index in [0.717, 1.165) is 0 Å². The van der Waals surface area contributed by atoms with Crippen LogP contribution in [0.2, 0.25) is 0 Å². The van der Waals surface area contributed by atoms with Crippen LogP contribution in [0.5, 0.6) is 0 Å². The summed E-state index contributed by atoms with van der Waals surface area (Å²) in [6.45, 7) is 9.91. The molecule has 0 bridgehead atoms. The Morgan fingerprint density at radius 2 is 2.00 bits per heavy atom. The molecule has 0 aliphatic rings. The first-order valence-corrected chi connectivity index (χ1v) is 4.36. The number of nitrogens with one attached hydrogen (secondary N) is 1. The van der Waals surface area contributed by atoms with Crippen molar-refractivity contribution < 1.29 is 14.7 Å². The van der Waals surface area contributed by atoms with E-state index in [2.05, 4.69) is 24.2 Å². The highest BCUT2D eigenvalue weighted by Crippen LogP contribution is 1.80. The standard InChI is InChI=1S/C6H11NO.C4H7NO2/c1-4-6(8)7-5(2)3;1-3(2-6)4(5)7/h4-5H,1H2,2-3H3,(H,7,8);6H,1-2H2,(H2,5,7). The van der Waals surface area contributed by atoms with Crippen LogP contribution in [0.1, 0.15) is 13.8 Å². The fraction of sp³-hybridized carbons (Fsp3) is 0.400. The van der Waals surface area contributed by atoms with Crippen molar-refractivity contribution in [1.82, 2.24) is 5.32 Å². The van der Waals surface area contributed by atoms with Crippen molar-refractivity contribution in [3.63, 3.8) is 0 Å². The molecule has 15 heavy (non-hydrogen) atoms. The first-order chi connectivity index (χ1) is 6.84. The summed E-state index contributed by atoms with van der Waals surface area (Å²) in [7, 11) is 0. The van der Waals surface area contributed by atoms with Gasteiger partial charge in [0.15, 0.2) is 0 Å². The number of carbonyl (C=O) groups is 2. The lowest BCUT2D eigenvalue weighted by atomic mass is 10.3. The maximum absolute atomic E-state index is 10.4. The minimum absolute atomic E-state index is 0.0417. The minimum atomic E-state index is -0.650. The molecule has 4 N–H and O–H groups in total. The molecule has 0 aromatic heterocycles. The van der Waals surface area contributed by atoms with Crippen molar-refractivity contribution in [2.24, 2.45) is 5.73 Å². The molecule has 0 unspecified atom stereocenters. The normalized spacial score (nSPS) is 8.53. The molecule has 0 heterocycles. The highest BCUT2D eigenvalue weighted by molar-refractivity contribution is 5.91. The molecule has 5 nitrogen and oxygen atoms in total. The van der Waals surface area contributed by atoms with E-state index < -0.39 is 5.91 Å². The van der Waals surface area contributed by atoms with Gasteiger partial charge in [0.25, 0.3) is 0 Å². The first kappa shape index (κ1) is 15.8. The number of nitrogens with two attached hydrogens (primary N) is 1. The summed E-state index contributed by atoms with van der Waals surface area (Å²) in [4.78, 5) is 20.3. The monoisotopic (exact) mass is 214 g/mol. The maximum atomic E-state index is 10.4. The minimum Gasteiger partial charge on any atom is -0.391 e. The smallest absolute Gasteiger partial charge is 0.246 e. The Morgan fingerprint density at radius 1 is 1.53 bits per heavy atom. The molecule has 0 aromatic carbocycles. The molecule has 0 radical (unpaired) electrons. The largest absolute Gasteiger partial charge is 0.391 e. The Kier molecular flexibility index (Phi) is 9.45. The molecule has 0 aliphatic carbocycles. The van der Waals surface area contributed by atoms with Gasteiger partial charge in [0.05, 0.1) is 6.61 Å². The van der Waals surface area contributed by atoms with Crippen molar-refractivity contribution in [2.75, 3.05) is 6.61 Å². The Bertz CT molecular complexity index is 247. The van der Waals surface area contributed by atoms with Crippen LogP contribution < -0.4 is 11.1 Å². The maximum Gasteiger partial charge on any atom is 0.246 e. The number of hydrogen-bond donors (Lipinski definition) is 3. The topological polar surface area (TPSA) is 92.4 Å². The zero-order valence-corrected chi connectivity index (χ0v) is 9.12. The number of carbonyl (C=O) groups excluding carboxylic acids is 2. The molecule has 0 spiro atoms. The molecule has 5 heteroatoms. The van der Waals surface area contributed by atoms with Gasteiger partial charge in [-0.15, -0.1) is 0 Å². The summed E-state index contributed by atoms with van der Waals surface area (Å²) in [5, 5.41) is 10.7. The molecule has 0 fully saturated rings. The highest BCUT2D eigenvalue weighted by Gasteiger charge is 1.95. The fourth-order valence-electron chi connectivity index (χ4n) is 0.421. The average Bonchev–Trinajstić information content (AvgIpc) is 2.16. The lowest BCUT2D eigenvalue weighted by molar-refractivity contribution is -0.117. The van der Waals surface area contributed by atoms with Crippen molar-refractivity contribution in [1.29, 1.82) is 0 Å². The first-order valence-electron chi connectivity index (χ1n) is 4.36. The molecule has 2 amide bonds. The van der Waals surface area contributed by atoms with E-state index in [1.54, 1.807) is 0 Å². The van der Waals surface area contributed by atoms with Gasteiger partial charge in [-0.05, 0) is 19.9 Å². The highest BCUT2D eigenvalue weighted by atomic mass is 16.3. The zero-order valence-electron chi connectivity index (χ0n) is 9.12. The number of aliphatic hydroxyl groups excluding tert-OH is 1. The number of primary amides is 1. The third-order valence-corrected chi connectivity index (χ3v) is 1.16. The molecule has 0 saturated heterocycles.